The lowest BCUT2D eigenvalue weighted by atomic mass is 10.1. The van der Waals surface area contributed by atoms with Gasteiger partial charge >= 0.3 is 0 Å². The Balaban J connectivity index is 1.84. The van der Waals surface area contributed by atoms with E-state index in [1.165, 1.54) is 12.1 Å². The highest BCUT2D eigenvalue weighted by Crippen LogP contribution is 2.20. The van der Waals surface area contributed by atoms with Gasteiger partial charge in [-0.3, -0.25) is 9.78 Å². The van der Waals surface area contributed by atoms with Crippen LogP contribution in [0.15, 0.2) is 55.1 Å². The van der Waals surface area contributed by atoms with Gasteiger partial charge in [0.05, 0.1) is 12.0 Å². The molecule has 1 aromatic carbocycles. The second kappa shape index (κ2) is 7.47. The van der Waals surface area contributed by atoms with Crippen molar-refractivity contribution in [1.82, 2.24) is 19.4 Å². The summed E-state index contributed by atoms with van der Waals surface area (Å²) in [4.78, 5) is 23.1. The van der Waals surface area contributed by atoms with Gasteiger partial charge in [-0.05, 0) is 55.8 Å². The molecule has 3 aromatic rings. The third kappa shape index (κ3) is 3.96. The van der Waals surface area contributed by atoms with Crippen LogP contribution in [0, 0.1) is 5.82 Å². The number of aromatic nitrogens is 3. The number of hydrogen-bond donors (Lipinski definition) is 0. The van der Waals surface area contributed by atoms with E-state index in [9.17, 15) is 9.18 Å². The van der Waals surface area contributed by atoms with Gasteiger partial charge in [0.25, 0.3) is 5.91 Å². The minimum Gasteiger partial charge on any atom is -0.340 e. The summed E-state index contributed by atoms with van der Waals surface area (Å²) in [5.41, 5.74) is 2.96. The van der Waals surface area contributed by atoms with Crippen LogP contribution in [-0.2, 0) is 13.6 Å². The van der Waals surface area contributed by atoms with Crippen LogP contribution < -0.4 is 0 Å². The normalized spacial score (nSPS) is 11.0. The molecule has 5 nitrogen and oxygen atoms in total. The minimum atomic E-state index is -0.281. The quantitative estimate of drug-likeness (QED) is 0.704. The number of aryl methyl sites for hydroxylation is 1. The topological polar surface area (TPSA) is 51.0 Å². The van der Waals surface area contributed by atoms with Crippen molar-refractivity contribution >= 4 is 5.91 Å². The maximum Gasteiger partial charge on any atom is 0.274 e. The summed E-state index contributed by atoms with van der Waals surface area (Å²) in [6.45, 7) is 4.40. The first-order valence-corrected chi connectivity index (χ1v) is 8.44. The van der Waals surface area contributed by atoms with Crippen LogP contribution in [-0.4, -0.2) is 31.4 Å². The van der Waals surface area contributed by atoms with Crippen LogP contribution in [0.3, 0.4) is 0 Å². The first-order chi connectivity index (χ1) is 12.4. The third-order valence-corrected chi connectivity index (χ3v) is 4.13. The molecule has 0 fully saturated rings. The van der Waals surface area contributed by atoms with Crippen LogP contribution in [0.2, 0.25) is 0 Å². The highest BCUT2D eigenvalue weighted by Gasteiger charge is 2.21. The molecule has 0 aliphatic carbocycles. The molecule has 2 aromatic heterocycles. The van der Waals surface area contributed by atoms with Crippen molar-refractivity contribution in [3.05, 3.63) is 72.2 Å². The molecule has 0 bridgehead atoms. The van der Waals surface area contributed by atoms with Gasteiger partial charge in [0.15, 0.2) is 0 Å². The van der Waals surface area contributed by atoms with E-state index in [0.29, 0.717) is 12.2 Å². The second-order valence-electron chi connectivity index (χ2n) is 6.51. The molecule has 2 heterocycles. The fourth-order valence-electron chi connectivity index (χ4n) is 2.71. The predicted molar refractivity (Wildman–Crippen MR) is 97.8 cm³/mol. The molecule has 0 radical (unpaired) electrons. The number of nitrogens with zero attached hydrogens (tertiary/aromatic N) is 4. The van der Waals surface area contributed by atoms with Crippen molar-refractivity contribution in [2.45, 2.75) is 26.4 Å². The second-order valence-corrected chi connectivity index (χ2v) is 6.51. The highest BCUT2D eigenvalue weighted by atomic mass is 19.1. The summed E-state index contributed by atoms with van der Waals surface area (Å²) < 4.78 is 14.9. The van der Waals surface area contributed by atoms with Crippen LogP contribution in [0.5, 0.6) is 0 Å². The molecule has 0 unspecified atom stereocenters. The molecule has 0 N–H and O–H groups in total. The number of carbonyl (C=O) groups is 1. The summed E-state index contributed by atoms with van der Waals surface area (Å²) in [5.74, 6) is -0.391. The van der Waals surface area contributed by atoms with Gasteiger partial charge in [-0.15, -0.1) is 0 Å². The Kier molecular flexibility index (Phi) is 5.11. The van der Waals surface area contributed by atoms with Gasteiger partial charge in [-0.2, -0.15) is 0 Å². The predicted octanol–water partition coefficient (Wildman–Crippen LogP) is 3.67. The molecule has 0 saturated carbocycles. The lowest BCUT2D eigenvalue weighted by molar-refractivity contribution is 0.0684. The van der Waals surface area contributed by atoms with Crippen LogP contribution in [0.1, 0.15) is 29.9 Å². The molecule has 6 heteroatoms. The zero-order chi connectivity index (χ0) is 18.7. The molecule has 0 spiro atoms. The average Bonchev–Trinajstić information content (AvgIpc) is 3.06. The molecular formula is C20H21FN4O. The largest absolute Gasteiger partial charge is 0.340 e. The standard InChI is InChI=1S/C20H21FN4O/c1-14(2)25(20(26)19-12-24(3)13-23-19)11-15-8-9-22-18(10-15)16-4-6-17(21)7-5-16/h4-10,12-14H,11H2,1-3H3. The molecule has 134 valence electrons. The number of halogens is 1. The van der Waals surface area contributed by atoms with Crippen molar-refractivity contribution in [3.63, 3.8) is 0 Å². The Hall–Kier alpha value is -3.02. The van der Waals surface area contributed by atoms with E-state index in [0.717, 1.165) is 16.8 Å². The maximum absolute atomic E-state index is 13.1. The lowest BCUT2D eigenvalue weighted by Crippen LogP contribution is -2.36. The molecule has 1 amide bonds. The summed E-state index contributed by atoms with van der Waals surface area (Å²) in [5, 5.41) is 0. The Labute approximate surface area is 152 Å². The van der Waals surface area contributed by atoms with Crippen molar-refractivity contribution < 1.29 is 9.18 Å². The number of carbonyl (C=O) groups excluding carboxylic acids is 1. The lowest BCUT2D eigenvalue weighted by Gasteiger charge is -2.26. The Bertz CT molecular complexity index is 902. The summed E-state index contributed by atoms with van der Waals surface area (Å²) in [7, 11) is 1.83. The van der Waals surface area contributed by atoms with Crippen LogP contribution in [0.4, 0.5) is 4.39 Å². The van der Waals surface area contributed by atoms with E-state index in [4.69, 9.17) is 0 Å². The first kappa shape index (κ1) is 17.8. The van der Waals surface area contributed by atoms with E-state index in [1.54, 1.807) is 40.3 Å². The number of imidazole rings is 1. The monoisotopic (exact) mass is 352 g/mol. The van der Waals surface area contributed by atoms with Gasteiger partial charge in [0.1, 0.15) is 11.5 Å². The van der Waals surface area contributed by atoms with Gasteiger partial charge in [-0.1, -0.05) is 0 Å². The average molecular weight is 352 g/mol. The number of pyridine rings is 1. The molecule has 0 saturated heterocycles. The molecule has 0 atom stereocenters. The smallest absolute Gasteiger partial charge is 0.274 e. The molecule has 0 aliphatic heterocycles. The summed E-state index contributed by atoms with van der Waals surface area (Å²) >= 11 is 0. The minimum absolute atomic E-state index is 0.0203. The SMILES string of the molecule is CC(C)N(Cc1ccnc(-c2ccc(F)cc2)c1)C(=O)c1cn(C)cn1. The number of hydrogen-bond acceptors (Lipinski definition) is 3. The van der Waals surface area contributed by atoms with Crippen molar-refractivity contribution in [3.8, 4) is 11.3 Å². The number of rotatable bonds is 5. The van der Waals surface area contributed by atoms with E-state index in [1.807, 2.05) is 33.0 Å². The Morgan fingerprint density at radius 2 is 1.92 bits per heavy atom. The van der Waals surface area contributed by atoms with Gasteiger partial charge in [0, 0.05) is 37.6 Å². The number of amides is 1. The highest BCUT2D eigenvalue weighted by molar-refractivity contribution is 5.92. The number of benzene rings is 1. The summed E-state index contributed by atoms with van der Waals surface area (Å²) in [6.07, 6.45) is 5.04. The first-order valence-electron chi connectivity index (χ1n) is 8.44. The van der Waals surface area contributed by atoms with Crippen LogP contribution in [0.25, 0.3) is 11.3 Å². The zero-order valence-corrected chi connectivity index (χ0v) is 15.1. The van der Waals surface area contributed by atoms with E-state index >= 15 is 0 Å². The van der Waals surface area contributed by atoms with Gasteiger partial charge in [0.2, 0.25) is 0 Å². The molecule has 3 rings (SSSR count). The Morgan fingerprint density at radius 1 is 1.19 bits per heavy atom. The van der Waals surface area contributed by atoms with Gasteiger partial charge < -0.3 is 9.47 Å². The van der Waals surface area contributed by atoms with E-state index in [-0.39, 0.29) is 17.8 Å². The Morgan fingerprint density at radius 3 is 2.54 bits per heavy atom. The molecule has 26 heavy (non-hydrogen) atoms. The van der Waals surface area contributed by atoms with Crippen LogP contribution >= 0.6 is 0 Å². The van der Waals surface area contributed by atoms with Crippen molar-refractivity contribution in [2.75, 3.05) is 0 Å². The maximum atomic E-state index is 13.1. The fraction of sp³-hybridized carbons (Fsp3) is 0.250. The van der Waals surface area contributed by atoms with Gasteiger partial charge in [-0.25, -0.2) is 9.37 Å². The zero-order valence-electron chi connectivity index (χ0n) is 15.1. The van der Waals surface area contributed by atoms with E-state index < -0.39 is 0 Å². The molecule has 0 aliphatic rings. The molecular weight excluding hydrogens is 331 g/mol. The summed E-state index contributed by atoms with van der Waals surface area (Å²) in [6, 6.07) is 10.0. The van der Waals surface area contributed by atoms with Crippen molar-refractivity contribution in [1.29, 1.82) is 0 Å². The van der Waals surface area contributed by atoms with Crippen molar-refractivity contribution in [2.24, 2.45) is 7.05 Å². The third-order valence-electron chi connectivity index (χ3n) is 4.13. The van der Waals surface area contributed by atoms with E-state index in [2.05, 4.69) is 9.97 Å². The fourth-order valence-corrected chi connectivity index (χ4v) is 2.71.